The molecule has 0 spiro atoms. The van der Waals surface area contributed by atoms with E-state index in [1.165, 1.54) is 0 Å². The van der Waals surface area contributed by atoms with Gasteiger partial charge in [-0.3, -0.25) is 13.8 Å². The van der Waals surface area contributed by atoms with Gasteiger partial charge in [0.1, 0.15) is 28.4 Å². The zero-order valence-corrected chi connectivity index (χ0v) is 24.9. The molecule has 10 aromatic rings. The Kier molecular flexibility index (Phi) is 5.44. The highest BCUT2D eigenvalue weighted by Gasteiger charge is 2.18. The van der Waals surface area contributed by atoms with Crippen molar-refractivity contribution in [1.82, 2.24) is 28.7 Å². The van der Waals surface area contributed by atoms with E-state index in [1.54, 1.807) is 0 Å². The Morgan fingerprint density at radius 2 is 1.21 bits per heavy atom. The average molecular weight is 605 g/mol. The molecule has 0 aliphatic rings. The summed E-state index contributed by atoms with van der Waals surface area (Å²) < 4.78 is 10.8. The number of aromatic nitrogens is 6. The van der Waals surface area contributed by atoms with Crippen molar-refractivity contribution in [2.45, 2.75) is 0 Å². The summed E-state index contributed by atoms with van der Waals surface area (Å²) in [6.45, 7) is 0. The molecule has 0 unspecified atom stereocenters. The SMILES string of the molecule is c1ccc(-c2ccc3c4ccc(Oc5ccc6c7cnccc7n7ccnc7c6c5)cc4c4ncc(-c5ccccc5)n4c3n2)cc1. The molecule has 0 atom stereocenters. The zero-order valence-electron chi connectivity index (χ0n) is 24.9. The van der Waals surface area contributed by atoms with Crippen LogP contribution in [0.25, 0.3) is 77.3 Å². The summed E-state index contributed by atoms with van der Waals surface area (Å²) in [6, 6.07) is 39.3. The second-order valence-electron chi connectivity index (χ2n) is 11.6. The summed E-state index contributed by atoms with van der Waals surface area (Å²) in [6.07, 6.45) is 9.46. The van der Waals surface area contributed by atoms with Crippen molar-refractivity contribution in [1.29, 1.82) is 0 Å². The fourth-order valence-corrected chi connectivity index (χ4v) is 6.82. The minimum atomic E-state index is 0.720. The van der Waals surface area contributed by atoms with Gasteiger partial charge >= 0.3 is 0 Å². The molecule has 0 radical (unpaired) electrons. The molecule has 220 valence electrons. The maximum Gasteiger partial charge on any atom is 0.147 e. The molecule has 0 aliphatic heterocycles. The van der Waals surface area contributed by atoms with E-state index in [9.17, 15) is 0 Å². The standard InChI is InChI=1S/C40H24N6O/c1-3-7-25(8-4-1)35-16-15-31-29-13-11-28(22-33(29)39-43-24-37(46(39)40(31)44-35)26-9-5-2-6-10-26)47-27-12-14-30-32(21-27)38-42-19-20-45(38)36-17-18-41-23-34(30)36/h1-24H. The molecule has 10 rings (SSSR count). The predicted octanol–water partition coefficient (Wildman–Crippen LogP) is 9.51. The second kappa shape index (κ2) is 9.95. The van der Waals surface area contributed by atoms with Crippen LogP contribution in [-0.4, -0.2) is 28.7 Å². The van der Waals surface area contributed by atoms with Crippen molar-refractivity contribution in [2.24, 2.45) is 0 Å². The van der Waals surface area contributed by atoms with E-state index < -0.39 is 0 Å². The maximum absolute atomic E-state index is 6.56. The van der Waals surface area contributed by atoms with E-state index in [0.29, 0.717) is 0 Å². The van der Waals surface area contributed by atoms with Crippen LogP contribution in [0, 0.1) is 0 Å². The molecule has 0 aliphatic carbocycles. The Hall–Kier alpha value is -6.60. The highest BCUT2D eigenvalue weighted by Crippen LogP contribution is 2.37. The molecule has 7 nitrogen and oxygen atoms in total. The molecule has 0 bridgehead atoms. The van der Waals surface area contributed by atoms with Crippen molar-refractivity contribution in [2.75, 3.05) is 0 Å². The van der Waals surface area contributed by atoms with Gasteiger partial charge in [-0.1, -0.05) is 60.7 Å². The average Bonchev–Trinajstić information content (AvgIpc) is 3.82. The molecule has 6 heterocycles. The van der Waals surface area contributed by atoms with E-state index >= 15 is 0 Å². The van der Waals surface area contributed by atoms with Crippen molar-refractivity contribution in [3.05, 3.63) is 146 Å². The summed E-state index contributed by atoms with van der Waals surface area (Å²) in [5.74, 6) is 1.45. The number of fused-ring (bicyclic) bond motifs is 12. The Morgan fingerprint density at radius 1 is 0.511 bits per heavy atom. The van der Waals surface area contributed by atoms with Crippen LogP contribution in [0.5, 0.6) is 11.5 Å². The quantitative estimate of drug-likeness (QED) is 0.187. The van der Waals surface area contributed by atoms with E-state index in [4.69, 9.17) is 14.7 Å². The molecular formula is C40H24N6O. The molecule has 47 heavy (non-hydrogen) atoms. The third kappa shape index (κ3) is 3.93. The number of benzene rings is 4. The van der Waals surface area contributed by atoms with Gasteiger partial charge in [-0.05, 0) is 65.4 Å². The van der Waals surface area contributed by atoms with Gasteiger partial charge in [0.15, 0.2) is 0 Å². The summed E-state index contributed by atoms with van der Waals surface area (Å²) in [5, 5.41) is 6.25. The summed E-state index contributed by atoms with van der Waals surface area (Å²) in [5.41, 5.74) is 7.67. The number of hydrogen-bond acceptors (Lipinski definition) is 5. The van der Waals surface area contributed by atoms with Gasteiger partial charge in [-0.2, -0.15) is 0 Å². The number of hydrogen-bond donors (Lipinski definition) is 0. The van der Waals surface area contributed by atoms with Gasteiger partial charge in [0, 0.05) is 57.5 Å². The molecule has 7 heteroatoms. The van der Waals surface area contributed by atoms with E-state index in [0.717, 1.165) is 88.8 Å². The molecule has 0 saturated heterocycles. The van der Waals surface area contributed by atoms with Crippen LogP contribution in [0.15, 0.2) is 146 Å². The molecule has 0 N–H and O–H groups in total. The Bertz CT molecular complexity index is 2820. The largest absolute Gasteiger partial charge is 0.457 e. The molecule has 6 aromatic heterocycles. The predicted molar refractivity (Wildman–Crippen MR) is 187 cm³/mol. The van der Waals surface area contributed by atoms with Gasteiger partial charge in [0.2, 0.25) is 0 Å². The van der Waals surface area contributed by atoms with Gasteiger partial charge in [-0.25, -0.2) is 15.0 Å². The van der Waals surface area contributed by atoms with Crippen molar-refractivity contribution < 1.29 is 4.74 Å². The summed E-state index contributed by atoms with van der Waals surface area (Å²) in [7, 11) is 0. The lowest BCUT2D eigenvalue weighted by Gasteiger charge is -2.14. The zero-order chi connectivity index (χ0) is 30.9. The molecule has 0 amide bonds. The molecular weight excluding hydrogens is 580 g/mol. The van der Waals surface area contributed by atoms with Crippen LogP contribution in [0.1, 0.15) is 0 Å². The fourth-order valence-electron chi connectivity index (χ4n) is 6.82. The maximum atomic E-state index is 6.56. The van der Waals surface area contributed by atoms with Crippen LogP contribution >= 0.6 is 0 Å². The fraction of sp³-hybridized carbons (Fsp3) is 0. The highest BCUT2D eigenvalue weighted by molar-refractivity contribution is 6.13. The lowest BCUT2D eigenvalue weighted by Crippen LogP contribution is -1.98. The number of ether oxygens (including phenoxy) is 1. The third-order valence-corrected chi connectivity index (χ3v) is 8.97. The smallest absolute Gasteiger partial charge is 0.147 e. The van der Waals surface area contributed by atoms with Gasteiger partial charge in [0.25, 0.3) is 0 Å². The number of rotatable bonds is 4. The van der Waals surface area contributed by atoms with Crippen LogP contribution in [0.3, 0.4) is 0 Å². The highest BCUT2D eigenvalue weighted by atomic mass is 16.5. The Labute approximate surface area is 268 Å². The first-order valence-corrected chi connectivity index (χ1v) is 15.5. The number of nitrogens with zero attached hydrogens (tertiary/aromatic N) is 6. The Morgan fingerprint density at radius 3 is 2.00 bits per heavy atom. The third-order valence-electron chi connectivity index (χ3n) is 8.97. The van der Waals surface area contributed by atoms with Crippen molar-refractivity contribution in [3.63, 3.8) is 0 Å². The van der Waals surface area contributed by atoms with Crippen LogP contribution in [-0.2, 0) is 0 Å². The minimum absolute atomic E-state index is 0.720. The topological polar surface area (TPSA) is 69.6 Å². The molecule has 0 fully saturated rings. The van der Waals surface area contributed by atoms with Crippen molar-refractivity contribution in [3.8, 4) is 34.0 Å². The lowest BCUT2D eigenvalue weighted by molar-refractivity contribution is 0.484. The van der Waals surface area contributed by atoms with Crippen LogP contribution in [0.2, 0.25) is 0 Å². The lowest BCUT2D eigenvalue weighted by atomic mass is 10.1. The first-order chi connectivity index (χ1) is 23.3. The van der Waals surface area contributed by atoms with Gasteiger partial charge in [-0.15, -0.1) is 0 Å². The van der Waals surface area contributed by atoms with Crippen LogP contribution in [0.4, 0.5) is 0 Å². The summed E-state index contributed by atoms with van der Waals surface area (Å²) >= 11 is 0. The first-order valence-electron chi connectivity index (χ1n) is 15.5. The Balaban J connectivity index is 1.16. The normalized spacial score (nSPS) is 11.8. The van der Waals surface area contributed by atoms with E-state index in [1.807, 2.05) is 85.6 Å². The summed E-state index contributed by atoms with van der Waals surface area (Å²) in [4.78, 5) is 19.3. The van der Waals surface area contributed by atoms with Crippen molar-refractivity contribution >= 4 is 54.8 Å². The number of imidazole rings is 2. The van der Waals surface area contributed by atoms with E-state index in [-0.39, 0.29) is 0 Å². The molecule has 0 saturated carbocycles. The van der Waals surface area contributed by atoms with Crippen LogP contribution < -0.4 is 4.74 Å². The van der Waals surface area contributed by atoms with E-state index in [2.05, 4.69) is 79.4 Å². The minimum Gasteiger partial charge on any atom is -0.457 e. The first kappa shape index (κ1) is 25.7. The van der Waals surface area contributed by atoms with Gasteiger partial charge in [0.05, 0.1) is 23.1 Å². The monoisotopic (exact) mass is 604 g/mol. The molecule has 4 aromatic carbocycles. The van der Waals surface area contributed by atoms with Gasteiger partial charge < -0.3 is 4.74 Å². The second-order valence-corrected chi connectivity index (χ2v) is 11.6. The number of pyridine rings is 4.